The molecule has 9 amide bonds. The number of benzene rings is 1. The maximum atomic E-state index is 13.4. The second-order valence-electron chi connectivity index (χ2n) is 14.9. The number of anilines is 2. The Labute approximate surface area is 361 Å². The number of thioether (sulfide) groups is 1. The molecule has 0 radical (unpaired) electrons. The zero-order valence-electron chi connectivity index (χ0n) is 33.4. The number of H-pyrrole nitrogens is 1. The number of hydrogen-bond donors (Lipinski definition) is 8. The molecule has 20 nitrogen and oxygen atoms in total. The third-order valence-corrected chi connectivity index (χ3v) is 12.4. The first-order valence-electron chi connectivity index (χ1n) is 20.2. The van der Waals surface area contributed by atoms with E-state index in [4.69, 9.17) is 12.2 Å². The van der Waals surface area contributed by atoms with E-state index in [2.05, 4.69) is 47.2 Å². The van der Waals surface area contributed by atoms with Gasteiger partial charge in [0.05, 0.1) is 31.5 Å². The predicted octanol–water partition coefficient (Wildman–Crippen LogP) is -0.420. The number of aromatic amines is 1. The molecule has 0 spiro atoms. The largest absolute Gasteiger partial charge is 0.350 e. The van der Waals surface area contributed by atoms with E-state index < -0.39 is 23.8 Å². The molecule has 0 bridgehead atoms. The van der Waals surface area contributed by atoms with Crippen molar-refractivity contribution in [1.29, 1.82) is 0 Å². The van der Waals surface area contributed by atoms with Crippen LogP contribution in [0.4, 0.5) is 16.2 Å². The molecule has 5 heterocycles. The van der Waals surface area contributed by atoms with Gasteiger partial charge in [-0.1, -0.05) is 6.42 Å². The molecular formula is C39H50N12O8S2. The van der Waals surface area contributed by atoms with Gasteiger partial charge >= 0.3 is 6.03 Å². The second kappa shape index (κ2) is 21.5. The molecular weight excluding hydrogens is 829 g/mol. The van der Waals surface area contributed by atoms with Crippen LogP contribution in [0, 0.1) is 0 Å². The first-order valence-corrected chi connectivity index (χ1v) is 21.6. The van der Waals surface area contributed by atoms with Gasteiger partial charge in [0.15, 0.2) is 5.11 Å². The smallest absolute Gasteiger partial charge is 0.315 e. The van der Waals surface area contributed by atoms with Gasteiger partial charge in [-0.2, -0.15) is 11.8 Å². The minimum Gasteiger partial charge on any atom is -0.350 e. The van der Waals surface area contributed by atoms with Gasteiger partial charge < -0.3 is 52.0 Å². The van der Waals surface area contributed by atoms with Gasteiger partial charge in [0, 0.05) is 98.4 Å². The Morgan fingerprint density at radius 2 is 1.46 bits per heavy atom. The SMILES string of the molecule is O=C(CCCN1C(=O)C=CC1=O)NCC(=O)N1CCN(C(=O)CNC(=O)[C@H](Cc2cnc[nH]2)NC(=S)Nc2ccc(NC(=O)CCCC[C@@H]3SC[C@@H]4NC(=O)N[C@@H]43)cc2)CC1. The lowest BCUT2D eigenvalue weighted by molar-refractivity contribution is -0.139. The van der Waals surface area contributed by atoms with E-state index in [0.29, 0.717) is 28.7 Å². The highest BCUT2D eigenvalue weighted by Crippen LogP contribution is 2.33. The van der Waals surface area contributed by atoms with Crippen molar-refractivity contribution < 1.29 is 38.4 Å². The molecule has 0 aliphatic carbocycles. The summed E-state index contributed by atoms with van der Waals surface area (Å²) in [5.41, 5.74) is 1.91. The van der Waals surface area contributed by atoms with E-state index in [1.54, 1.807) is 40.3 Å². The number of rotatable bonds is 19. The van der Waals surface area contributed by atoms with Crippen LogP contribution in [0.25, 0.3) is 0 Å². The van der Waals surface area contributed by atoms with Gasteiger partial charge in [-0.15, -0.1) is 0 Å². The molecule has 22 heteroatoms. The van der Waals surface area contributed by atoms with Crippen LogP contribution < -0.4 is 37.2 Å². The van der Waals surface area contributed by atoms with Crippen molar-refractivity contribution in [3.05, 3.63) is 54.6 Å². The van der Waals surface area contributed by atoms with Gasteiger partial charge in [0.2, 0.25) is 29.5 Å². The molecule has 4 atom stereocenters. The third-order valence-electron chi connectivity index (χ3n) is 10.6. The normalized spacial score (nSPS) is 19.8. The highest BCUT2D eigenvalue weighted by Gasteiger charge is 2.42. The molecule has 4 aliphatic rings. The van der Waals surface area contributed by atoms with Crippen molar-refractivity contribution in [3.63, 3.8) is 0 Å². The number of imide groups is 1. The van der Waals surface area contributed by atoms with Crippen LogP contribution in [-0.2, 0) is 40.0 Å². The summed E-state index contributed by atoms with van der Waals surface area (Å²) in [5, 5.41) is 20.7. The molecule has 8 N–H and O–H groups in total. The van der Waals surface area contributed by atoms with Crippen LogP contribution in [-0.4, -0.2) is 152 Å². The van der Waals surface area contributed by atoms with E-state index in [1.807, 2.05) is 11.8 Å². The van der Waals surface area contributed by atoms with Crippen molar-refractivity contribution in [2.75, 3.05) is 62.2 Å². The van der Waals surface area contributed by atoms with E-state index >= 15 is 0 Å². The van der Waals surface area contributed by atoms with E-state index in [0.717, 1.165) is 29.9 Å². The fourth-order valence-corrected chi connectivity index (χ4v) is 9.12. The van der Waals surface area contributed by atoms with Gasteiger partial charge in [-0.05, 0) is 55.7 Å². The molecule has 326 valence electrons. The van der Waals surface area contributed by atoms with Crippen LogP contribution in [0.1, 0.15) is 44.2 Å². The Bertz CT molecular complexity index is 1970. The quantitative estimate of drug-likeness (QED) is 0.0387. The van der Waals surface area contributed by atoms with Crippen LogP contribution in [0.3, 0.4) is 0 Å². The number of carbonyl (C=O) groups excluding carboxylic acids is 8. The van der Waals surface area contributed by atoms with Gasteiger partial charge in [0.25, 0.3) is 11.8 Å². The lowest BCUT2D eigenvalue weighted by atomic mass is 10.0. The number of urea groups is 1. The maximum Gasteiger partial charge on any atom is 0.315 e. The van der Waals surface area contributed by atoms with E-state index in [9.17, 15) is 38.4 Å². The van der Waals surface area contributed by atoms with E-state index in [1.165, 1.54) is 18.5 Å². The monoisotopic (exact) mass is 878 g/mol. The summed E-state index contributed by atoms with van der Waals surface area (Å²) >= 11 is 7.39. The Morgan fingerprint density at radius 1 is 0.820 bits per heavy atom. The highest BCUT2D eigenvalue weighted by atomic mass is 32.2. The zero-order chi connectivity index (χ0) is 43.3. The fourth-order valence-electron chi connectivity index (χ4n) is 7.31. The van der Waals surface area contributed by atoms with E-state index in [-0.39, 0.29) is 112 Å². The average Bonchev–Trinajstić information content (AvgIpc) is 4.05. The molecule has 3 fully saturated rings. The molecule has 2 aromatic rings. The summed E-state index contributed by atoms with van der Waals surface area (Å²) in [7, 11) is 0. The Morgan fingerprint density at radius 3 is 2.11 bits per heavy atom. The lowest BCUT2D eigenvalue weighted by Gasteiger charge is -2.35. The second-order valence-corrected chi connectivity index (χ2v) is 16.6. The predicted molar refractivity (Wildman–Crippen MR) is 229 cm³/mol. The molecule has 61 heavy (non-hydrogen) atoms. The minimum absolute atomic E-state index is 0.0428. The van der Waals surface area contributed by atoms with Crippen LogP contribution >= 0.6 is 24.0 Å². The molecule has 0 unspecified atom stereocenters. The molecule has 1 aromatic heterocycles. The first kappa shape index (κ1) is 44.5. The summed E-state index contributed by atoms with van der Waals surface area (Å²) in [6.07, 6.45) is 8.88. The number of piperazine rings is 1. The summed E-state index contributed by atoms with van der Waals surface area (Å²) < 4.78 is 0. The number of nitrogens with zero attached hydrogens (tertiary/aromatic N) is 4. The number of thiocarbonyl (C=S) groups is 1. The molecule has 0 saturated carbocycles. The van der Waals surface area contributed by atoms with Crippen LogP contribution in [0.5, 0.6) is 0 Å². The van der Waals surface area contributed by atoms with Crippen molar-refractivity contribution >= 4 is 87.8 Å². The lowest BCUT2D eigenvalue weighted by Crippen LogP contribution is -2.55. The number of fused-ring (bicyclic) bond motifs is 1. The van der Waals surface area contributed by atoms with Gasteiger partial charge in [-0.3, -0.25) is 38.5 Å². The number of imidazole rings is 1. The number of carbonyl (C=O) groups is 8. The molecule has 4 aliphatic heterocycles. The molecule has 3 saturated heterocycles. The van der Waals surface area contributed by atoms with Crippen LogP contribution in [0.15, 0.2) is 48.9 Å². The van der Waals surface area contributed by atoms with Gasteiger partial charge in [-0.25, -0.2) is 9.78 Å². The summed E-state index contributed by atoms with van der Waals surface area (Å²) in [4.78, 5) is 110. The summed E-state index contributed by atoms with van der Waals surface area (Å²) in [5.74, 6) is -1.50. The Kier molecular flexibility index (Phi) is 15.7. The average molecular weight is 879 g/mol. The summed E-state index contributed by atoms with van der Waals surface area (Å²) in [6.45, 7) is 0.602. The standard InChI is InChI=1S/C39H50N12O8S2/c52-30(6-3-13-51-32(54)11-12-33(51)55)41-20-34(56)49-14-16-50(17-15-49)35(57)21-42-37(58)27(18-26-19-40-23-43-26)47-39(60)45-25-9-7-24(8-10-25)44-31(53)5-2-1-4-29-36-28(22-61-29)46-38(59)48-36/h7-12,19,23,27-29,36H,1-6,13-18,20-22H2,(H,40,43)(H,41,52)(H,42,58)(H,44,53)(H2,45,47,60)(H2,46,48,59)/t27-,28-,29-,36-/m0/s1. The molecule has 1 aromatic carbocycles. The third kappa shape index (κ3) is 13.0. The Balaban J connectivity index is 0.869. The number of aromatic nitrogens is 2. The Hall–Kier alpha value is -6.03. The fraction of sp³-hybridized carbons (Fsp3) is 0.487. The maximum absolute atomic E-state index is 13.4. The number of amides is 9. The highest BCUT2D eigenvalue weighted by molar-refractivity contribution is 8.00. The van der Waals surface area contributed by atoms with Crippen molar-refractivity contribution in [3.8, 4) is 0 Å². The summed E-state index contributed by atoms with van der Waals surface area (Å²) in [6, 6.07) is 6.35. The topological polar surface area (TPSA) is 259 Å². The first-order chi connectivity index (χ1) is 29.4. The van der Waals surface area contributed by atoms with Crippen molar-refractivity contribution in [2.45, 2.75) is 68.3 Å². The minimum atomic E-state index is -0.874. The van der Waals surface area contributed by atoms with Crippen LogP contribution in [0.2, 0.25) is 0 Å². The van der Waals surface area contributed by atoms with Crippen molar-refractivity contribution in [2.24, 2.45) is 0 Å². The zero-order valence-corrected chi connectivity index (χ0v) is 35.0. The molecule has 6 rings (SSSR count). The van der Waals surface area contributed by atoms with Crippen molar-refractivity contribution in [1.82, 2.24) is 51.3 Å². The number of hydrogen-bond acceptors (Lipinski definition) is 11. The number of unbranched alkanes of at least 4 members (excludes halogenated alkanes) is 1. The van der Waals surface area contributed by atoms with Gasteiger partial charge in [0.1, 0.15) is 6.04 Å². The number of nitrogens with one attached hydrogen (secondary N) is 8.